The molecule has 6 nitrogen and oxygen atoms in total. The Morgan fingerprint density at radius 1 is 1.33 bits per heavy atom. The van der Waals surface area contributed by atoms with E-state index in [2.05, 4.69) is 15.2 Å². The van der Waals surface area contributed by atoms with Gasteiger partial charge < -0.3 is 15.2 Å². The summed E-state index contributed by atoms with van der Waals surface area (Å²) in [6, 6.07) is 11.3. The molecule has 6 heteroatoms. The number of β-amino-alcohol motifs (C(OH)–C–C–N with tert-alkyl or cyclic N) is 1. The van der Waals surface area contributed by atoms with Gasteiger partial charge in [0.25, 0.3) is 5.91 Å². The van der Waals surface area contributed by atoms with Gasteiger partial charge in [-0.3, -0.25) is 14.7 Å². The number of hydrogen-bond donors (Lipinski definition) is 2. The average Bonchev–Trinajstić information content (AvgIpc) is 2.95. The predicted octanol–water partition coefficient (Wildman–Crippen LogP) is 2.61. The number of amides is 1. The van der Waals surface area contributed by atoms with Crippen molar-refractivity contribution in [3.8, 4) is 0 Å². The molecule has 2 heterocycles. The molecular weight excluding hydrogens is 342 g/mol. The zero-order chi connectivity index (χ0) is 19.4. The number of carbonyl (C=O) groups is 1. The summed E-state index contributed by atoms with van der Waals surface area (Å²) in [4.78, 5) is 18.8. The van der Waals surface area contributed by atoms with Crippen molar-refractivity contribution in [3.05, 3.63) is 59.4 Å². The smallest absolute Gasteiger partial charge is 0.255 e. The van der Waals surface area contributed by atoms with Crippen molar-refractivity contribution in [2.75, 3.05) is 18.4 Å². The van der Waals surface area contributed by atoms with E-state index in [0.717, 1.165) is 11.3 Å². The fraction of sp³-hybridized carbons (Fsp3) is 0.429. The molecule has 2 N–H and O–H groups in total. The van der Waals surface area contributed by atoms with Gasteiger partial charge in [-0.15, -0.1) is 0 Å². The van der Waals surface area contributed by atoms with Crippen LogP contribution in [0, 0.1) is 6.92 Å². The molecule has 0 radical (unpaired) electrons. The normalized spacial score (nSPS) is 20.2. The zero-order valence-electron chi connectivity index (χ0n) is 16.1. The van der Waals surface area contributed by atoms with Gasteiger partial charge in [0.1, 0.15) is 0 Å². The standard InChI is InChI=1S/C21H27N3O3/c1-14(2)27-20-13-24(12-19(20)25)11-16-5-4-6-17(9-16)21(26)23-18-8-7-15(3)22-10-18/h4-10,14,19-20,25H,11-13H2,1-3H3,(H,23,26)/t19-,20-/m1/s1. The fourth-order valence-electron chi connectivity index (χ4n) is 3.26. The van der Waals surface area contributed by atoms with E-state index in [0.29, 0.717) is 30.9 Å². The Balaban J connectivity index is 1.62. The Morgan fingerprint density at radius 3 is 2.85 bits per heavy atom. The van der Waals surface area contributed by atoms with Gasteiger partial charge in [-0.1, -0.05) is 12.1 Å². The highest BCUT2D eigenvalue weighted by atomic mass is 16.5. The summed E-state index contributed by atoms with van der Waals surface area (Å²) < 4.78 is 5.77. The number of hydrogen-bond acceptors (Lipinski definition) is 5. The van der Waals surface area contributed by atoms with Gasteiger partial charge in [0.15, 0.2) is 0 Å². The average molecular weight is 369 g/mol. The molecule has 1 saturated heterocycles. The van der Waals surface area contributed by atoms with Crippen molar-refractivity contribution in [1.82, 2.24) is 9.88 Å². The second-order valence-corrected chi connectivity index (χ2v) is 7.33. The Labute approximate surface area is 160 Å². The number of carbonyl (C=O) groups excluding carboxylic acids is 1. The van der Waals surface area contributed by atoms with Gasteiger partial charge in [0.2, 0.25) is 0 Å². The monoisotopic (exact) mass is 369 g/mol. The van der Waals surface area contributed by atoms with Crippen LogP contribution in [0.1, 0.15) is 35.5 Å². The summed E-state index contributed by atoms with van der Waals surface area (Å²) >= 11 is 0. The van der Waals surface area contributed by atoms with E-state index in [-0.39, 0.29) is 18.1 Å². The number of rotatable bonds is 6. The van der Waals surface area contributed by atoms with Crippen LogP contribution in [0.4, 0.5) is 5.69 Å². The Kier molecular flexibility index (Phi) is 6.21. The van der Waals surface area contributed by atoms with Crippen molar-refractivity contribution >= 4 is 11.6 Å². The van der Waals surface area contributed by atoms with Crippen LogP contribution in [0.25, 0.3) is 0 Å². The molecule has 0 aliphatic carbocycles. The highest BCUT2D eigenvalue weighted by Gasteiger charge is 2.32. The van der Waals surface area contributed by atoms with Crippen molar-refractivity contribution in [2.24, 2.45) is 0 Å². The van der Waals surface area contributed by atoms with Crippen LogP contribution in [-0.2, 0) is 11.3 Å². The topological polar surface area (TPSA) is 74.7 Å². The first-order chi connectivity index (χ1) is 12.9. The molecule has 1 aliphatic heterocycles. The molecule has 1 fully saturated rings. The first kappa shape index (κ1) is 19.5. The molecule has 1 aliphatic rings. The number of ether oxygens (including phenoxy) is 1. The highest BCUT2D eigenvalue weighted by molar-refractivity contribution is 6.04. The van der Waals surface area contributed by atoms with E-state index in [9.17, 15) is 9.90 Å². The number of aliphatic hydroxyl groups excluding tert-OH is 1. The molecule has 2 atom stereocenters. The molecule has 27 heavy (non-hydrogen) atoms. The SMILES string of the molecule is Cc1ccc(NC(=O)c2cccc(CN3C[C@@H](O)[C@H](OC(C)C)C3)c2)cn1. The lowest BCUT2D eigenvalue weighted by Gasteiger charge is -2.18. The van der Waals surface area contributed by atoms with Crippen LogP contribution in [0.3, 0.4) is 0 Å². The number of aliphatic hydroxyl groups is 1. The molecule has 0 unspecified atom stereocenters. The predicted molar refractivity (Wildman–Crippen MR) is 105 cm³/mol. The molecule has 0 saturated carbocycles. The van der Waals surface area contributed by atoms with Crippen LogP contribution >= 0.6 is 0 Å². The van der Waals surface area contributed by atoms with E-state index in [1.807, 2.05) is 51.1 Å². The van der Waals surface area contributed by atoms with E-state index < -0.39 is 6.10 Å². The molecule has 1 aromatic heterocycles. The second-order valence-electron chi connectivity index (χ2n) is 7.33. The fourth-order valence-corrected chi connectivity index (χ4v) is 3.26. The molecule has 0 bridgehead atoms. The van der Waals surface area contributed by atoms with E-state index >= 15 is 0 Å². The molecule has 144 valence electrons. The minimum Gasteiger partial charge on any atom is -0.389 e. The molecule has 3 rings (SSSR count). The number of pyridine rings is 1. The van der Waals surface area contributed by atoms with Crippen molar-refractivity contribution in [2.45, 2.75) is 45.6 Å². The number of likely N-dealkylation sites (tertiary alicyclic amines) is 1. The lowest BCUT2D eigenvalue weighted by atomic mass is 10.1. The lowest BCUT2D eigenvalue weighted by Crippen LogP contribution is -2.29. The van der Waals surface area contributed by atoms with Crippen LogP contribution in [0.15, 0.2) is 42.6 Å². The number of aryl methyl sites for hydroxylation is 1. The Bertz CT molecular complexity index is 776. The summed E-state index contributed by atoms with van der Waals surface area (Å²) in [6.07, 6.45) is 1.10. The maximum Gasteiger partial charge on any atom is 0.255 e. The molecule has 0 spiro atoms. The third-order valence-corrected chi connectivity index (χ3v) is 4.52. The van der Waals surface area contributed by atoms with Gasteiger partial charge in [-0.25, -0.2) is 0 Å². The zero-order valence-corrected chi connectivity index (χ0v) is 16.1. The minimum atomic E-state index is -0.479. The molecule has 1 amide bonds. The quantitative estimate of drug-likeness (QED) is 0.819. The maximum absolute atomic E-state index is 12.5. The van der Waals surface area contributed by atoms with Crippen LogP contribution in [0.2, 0.25) is 0 Å². The molecule has 1 aromatic carbocycles. The van der Waals surface area contributed by atoms with Gasteiger partial charge in [-0.2, -0.15) is 0 Å². The summed E-state index contributed by atoms with van der Waals surface area (Å²) in [5, 5.41) is 13.0. The summed E-state index contributed by atoms with van der Waals surface area (Å²) in [6.45, 7) is 7.78. The van der Waals surface area contributed by atoms with Crippen LogP contribution in [-0.4, -0.2) is 52.3 Å². The van der Waals surface area contributed by atoms with Crippen molar-refractivity contribution in [1.29, 1.82) is 0 Å². The van der Waals surface area contributed by atoms with E-state index in [4.69, 9.17) is 4.74 Å². The van der Waals surface area contributed by atoms with Gasteiger partial charge in [0, 0.05) is 30.9 Å². The third-order valence-electron chi connectivity index (χ3n) is 4.52. The van der Waals surface area contributed by atoms with E-state index in [1.54, 1.807) is 12.3 Å². The van der Waals surface area contributed by atoms with Crippen molar-refractivity contribution < 1.29 is 14.6 Å². The van der Waals surface area contributed by atoms with Crippen LogP contribution < -0.4 is 5.32 Å². The first-order valence-electron chi connectivity index (χ1n) is 9.29. The van der Waals surface area contributed by atoms with Crippen molar-refractivity contribution in [3.63, 3.8) is 0 Å². The summed E-state index contributed by atoms with van der Waals surface area (Å²) in [5.41, 5.74) is 3.21. The Morgan fingerprint density at radius 2 is 2.15 bits per heavy atom. The highest BCUT2D eigenvalue weighted by Crippen LogP contribution is 2.19. The number of nitrogens with zero attached hydrogens (tertiary/aromatic N) is 2. The lowest BCUT2D eigenvalue weighted by molar-refractivity contribution is -0.0396. The maximum atomic E-state index is 12.5. The molecular formula is C21H27N3O3. The van der Waals surface area contributed by atoms with Crippen LogP contribution in [0.5, 0.6) is 0 Å². The van der Waals surface area contributed by atoms with E-state index in [1.165, 1.54) is 0 Å². The number of anilines is 1. The molecule has 2 aromatic rings. The second kappa shape index (κ2) is 8.61. The first-order valence-corrected chi connectivity index (χ1v) is 9.29. The Hall–Kier alpha value is -2.28. The number of benzene rings is 1. The summed E-state index contributed by atoms with van der Waals surface area (Å²) in [7, 11) is 0. The summed E-state index contributed by atoms with van der Waals surface area (Å²) in [5.74, 6) is -0.162. The van der Waals surface area contributed by atoms with Gasteiger partial charge >= 0.3 is 0 Å². The largest absolute Gasteiger partial charge is 0.389 e. The van der Waals surface area contributed by atoms with Gasteiger partial charge in [0.05, 0.1) is 30.2 Å². The van der Waals surface area contributed by atoms with Gasteiger partial charge in [-0.05, 0) is 50.6 Å². The minimum absolute atomic E-state index is 0.0906. The number of nitrogens with one attached hydrogen (secondary N) is 1. The third kappa shape index (κ3) is 5.35. The number of aromatic nitrogens is 1.